The number of nitro groups is 1. The number of carbonyl (C=O) groups excluding carboxylic acids is 3. The lowest BCUT2D eigenvalue weighted by atomic mass is 9.99. The van der Waals surface area contributed by atoms with E-state index in [2.05, 4.69) is 5.32 Å². The maximum absolute atomic E-state index is 13.2. The third kappa shape index (κ3) is 6.01. The monoisotopic (exact) mass is 496 g/mol. The number of nitro benzene ring substituents is 1. The Morgan fingerprint density at radius 3 is 2.29 bits per heavy atom. The Labute approximate surface area is 205 Å². The molecular weight excluding hydrogens is 476 g/mol. The van der Waals surface area contributed by atoms with Crippen LogP contribution in [0, 0.1) is 10.1 Å². The second-order valence-electron chi connectivity index (χ2n) is 7.30. The Kier molecular flexibility index (Phi) is 8.17. The van der Waals surface area contributed by atoms with Gasteiger partial charge in [0, 0.05) is 35.7 Å². The molecule has 0 spiro atoms. The van der Waals surface area contributed by atoms with Crippen molar-refractivity contribution in [3.8, 4) is 5.75 Å². The minimum atomic E-state index is -1.39. The van der Waals surface area contributed by atoms with E-state index in [4.69, 9.17) is 21.1 Å². The largest absolute Gasteiger partial charge is 0.496 e. The number of esters is 1. The standard InChI is InChI=1S/C25H21ClN2O7/c1-3-22(29)27-20-14-21(34-2)18(13-19(20)26)25(31)35-24(23(30)15-7-5-4-6-8-15)16-9-11-17(12-10-16)28(32)33/h4-14,24H,3H2,1-2H3,(H,27,29)/t24-/m1/s1. The van der Waals surface area contributed by atoms with E-state index in [0.29, 0.717) is 0 Å². The number of non-ortho nitro benzene ring substituents is 1. The molecule has 0 aliphatic carbocycles. The van der Waals surface area contributed by atoms with Gasteiger partial charge >= 0.3 is 5.97 Å². The topological polar surface area (TPSA) is 125 Å². The lowest BCUT2D eigenvalue weighted by Gasteiger charge is -2.19. The molecule has 0 unspecified atom stereocenters. The minimum Gasteiger partial charge on any atom is -0.496 e. The summed E-state index contributed by atoms with van der Waals surface area (Å²) in [7, 11) is 1.33. The Morgan fingerprint density at radius 1 is 1.06 bits per heavy atom. The van der Waals surface area contributed by atoms with E-state index >= 15 is 0 Å². The van der Waals surface area contributed by atoms with Gasteiger partial charge in [-0.25, -0.2) is 4.79 Å². The van der Waals surface area contributed by atoms with Crippen molar-refractivity contribution in [2.45, 2.75) is 19.4 Å². The summed E-state index contributed by atoms with van der Waals surface area (Å²) in [6, 6.07) is 16.0. The van der Waals surface area contributed by atoms with Gasteiger partial charge in [-0.3, -0.25) is 19.7 Å². The van der Waals surface area contributed by atoms with Gasteiger partial charge in [0.2, 0.25) is 11.7 Å². The Hall–Kier alpha value is -4.24. The first kappa shape index (κ1) is 25.4. The third-order valence-electron chi connectivity index (χ3n) is 5.03. The minimum absolute atomic E-state index is 0.0697. The van der Waals surface area contributed by atoms with Crippen molar-refractivity contribution in [2.75, 3.05) is 12.4 Å². The van der Waals surface area contributed by atoms with Crippen LogP contribution < -0.4 is 10.1 Å². The van der Waals surface area contributed by atoms with Gasteiger partial charge in [-0.1, -0.05) is 48.9 Å². The van der Waals surface area contributed by atoms with E-state index < -0.39 is 22.8 Å². The number of carbonyl (C=O) groups is 3. The Balaban J connectivity index is 1.98. The average Bonchev–Trinajstić information content (AvgIpc) is 2.88. The molecule has 0 bridgehead atoms. The number of halogens is 1. The number of methoxy groups -OCH3 is 1. The van der Waals surface area contributed by atoms with Crippen LogP contribution in [0.1, 0.15) is 45.7 Å². The summed E-state index contributed by atoms with van der Waals surface area (Å²) in [6.07, 6.45) is -1.17. The molecule has 10 heteroatoms. The molecule has 3 aromatic carbocycles. The molecule has 3 rings (SSSR count). The zero-order chi connectivity index (χ0) is 25.5. The van der Waals surface area contributed by atoms with Crippen LogP contribution in [-0.4, -0.2) is 29.7 Å². The van der Waals surface area contributed by atoms with Gasteiger partial charge in [0.1, 0.15) is 11.3 Å². The smallest absolute Gasteiger partial charge is 0.343 e. The highest BCUT2D eigenvalue weighted by atomic mass is 35.5. The number of benzene rings is 3. The van der Waals surface area contributed by atoms with Crippen LogP contribution in [0.5, 0.6) is 5.75 Å². The summed E-state index contributed by atoms with van der Waals surface area (Å²) in [6.45, 7) is 1.67. The number of nitrogens with zero attached hydrogens (tertiary/aromatic N) is 1. The molecule has 0 fully saturated rings. The lowest BCUT2D eigenvalue weighted by Crippen LogP contribution is -2.21. The number of ketones is 1. The second-order valence-corrected chi connectivity index (χ2v) is 7.71. The maximum Gasteiger partial charge on any atom is 0.343 e. The molecule has 0 aromatic heterocycles. The summed E-state index contributed by atoms with van der Waals surface area (Å²) in [5.41, 5.74) is 0.532. The van der Waals surface area contributed by atoms with Crippen molar-refractivity contribution in [1.29, 1.82) is 0 Å². The normalized spacial score (nSPS) is 11.3. The number of hydrogen-bond acceptors (Lipinski definition) is 7. The van der Waals surface area contributed by atoms with Gasteiger partial charge < -0.3 is 14.8 Å². The van der Waals surface area contributed by atoms with Gasteiger partial charge in [-0.15, -0.1) is 0 Å². The molecule has 9 nitrogen and oxygen atoms in total. The van der Waals surface area contributed by atoms with E-state index in [1.165, 1.54) is 43.5 Å². The van der Waals surface area contributed by atoms with Gasteiger partial charge in [-0.05, 0) is 18.2 Å². The number of Topliss-reactive ketones (excluding diaryl/α,β-unsaturated/α-hetero) is 1. The van der Waals surface area contributed by atoms with Gasteiger partial charge in [-0.2, -0.15) is 0 Å². The summed E-state index contributed by atoms with van der Waals surface area (Å²) in [5.74, 6) is -1.65. The molecule has 1 atom stereocenters. The van der Waals surface area contributed by atoms with E-state index in [9.17, 15) is 24.5 Å². The first-order chi connectivity index (χ1) is 16.7. The van der Waals surface area contributed by atoms with Crippen molar-refractivity contribution in [2.24, 2.45) is 0 Å². The lowest BCUT2D eigenvalue weighted by molar-refractivity contribution is -0.384. The highest BCUT2D eigenvalue weighted by molar-refractivity contribution is 6.34. The molecule has 3 aromatic rings. The molecule has 1 N–H and O–H groups in total. The van der Waals surface area contributed by atoms with Crippen LogP contribution in [0.2, 0.25) is 5.02 Å². The molecule has 180 valence electrons. The highest BCUT2D eigenvalue weighted by Gasteiger charge is 2.29. The molecule has 0 aliphatic heterocycles. The van der Waals surface area contributed by atoms with Crippen molar-refractivity contribution in [3.63, 3.8) is 0 Å². The fourth-order valence-electron chi connectivity index (χ4n) is 3.18. The summed E-state index contributed by atoms with van der Waals surface area (Å²) < 4.78 is 10.9. The molecule has 0 saturated heterocycles. The number of ether oxygens (including phenoxy) is 2. The number of anilines is 1. The van der Waals surface area contributed by atoms with Crippen molar-refractivity contribution < 1.29 is 28.8 Å². The highest BCUT2D eigenvalue weighted by Crippen LogP contribution is 2.33. The predicted octanol–water partition coefficient (Wildman–Crippen LogP) is 5.39. The van der Waals surface area contributed by atoms with Gasteiger partial charge in [0.25, 0.3) is 5.69 Å². The summed E-state index contributed by atoms with van der Waals surface area (Å²) in [5, 5.41) is 13.7. The van der Waals surface area contributed by atoms with E-state index in [1.807, 2.05) is 0 Å². The fraction of sp³-hybridized carbons (Fsp3) is 0.160. The summed E-state index contributed by atoms with van der Waals surface area (Å²) >= 11 is 6.25. The molecular formula is C25H21ClN2O7. The molecule has 0 aliphatic rings. The molecule has 0 heterocycles. The quantitative estimate of drug-likeness (QED) is 0.182. The van der Waals surface area contributed by atoms with Crippen LogP contribution in [0.15, 0.2) is 66.7 Å². The first-order valence-electron chi connectivity index (χ1n) is 10.5. The number of nitrogens with one attached hydrogen (secondary N) is 1. The first-order valence-corrected chi connectivity index (χ1v) is 10.8. The summed E-state index contributed by atoms with van der Waals surface area (Å²) in [4.78, 5) is 48.6. The number of rotatable bonds is 9. The van der Waals surface area contributed by atoms with Crippen LogP contribution in [0.3, 0.4) is 0 Å². The molecule has 0 radical (unpaired) electrons. The average molecular weight is 497 g/mol. The predicted molar refractivity (Wildman–Crippen MR) is 129 cm³/mol. The molecule has 35 heavy (non-hydrogen) atoms. The van der Waals surface area contributed by atoms with Crippen LogP contribution in [-0.2, 0) is 9.53 Å². The van der Waals surface area contributed by atoms with Crippen LogP contribution in [0.25, 0.3) is 0 Å². The van der Waals surface area contributed by atoms with Crippen molar-refractivity contribution >= 4 is 40.6 Å². The Morgan fingerprint density at radius 2 is 1.71 bits per heavy atom. The van der Waals surface area contributed by atoms with Crippen molar-refractivity contribution in [3.05, 3.63) is 98.6 Å². The van der Waals surface area contributed by atoms with E-state index in [0.717, 1.165) is 0 Å². The van der Waals surface area contributed by atoms with Crippen LogP contribution in [0.4, 0.5) is 11.4 Å². The van der Waals surface area contributed by atoms with Crippen LogP contribution >= 0.6 is 11.6 Å². The Bertz CT molecular complexity index is 1260. The van der Waals surface area contributed by atoms with Crippen molar-refractivity contribution in [1.82, 2.24) is 0 Å². The fourth-order valence-corrected chi connectivity index (χ4v) is 3.40. The SMILES string of the molecule is CCC(=O)Nc1cc(OC)c(C(=O)O[C@@H](C(=O)c2ccccc2)c2ccc([N+](=O)[O-])cc2)cc1Cl. The second kappa shape index (κ2) is 11.3. The maximum atomic E-state index is 13.2. The third-order valence-corrected chi connectivity index (χ3v) is 5.34. The zero-order valence-corrected chi connectivity index (χ0v) is 19.6. The molecule has 1 amide bonds. The van der Waals surface area contributed by atoms with E-state index in [1.54, 1.807) is 37.3 Å². The van der Waals surface area contributed by atoms with Gasteiger partial charge in [0.15, 0.2) is 6.10 Å². The number of hydrogen-bond donors (Lipinski definition) is 1. The van der Waals surface area contributed by atoms with Gasteiger partial charge in [0.05, 0.1) is 22.7 Å². The molecule has 0 saturated carbocycles. The number of amides is 1. The van der Waals surface area contributed by atoms with E-state index in [-0.39, 0.29) is 51.2 Å². The zero-order valence-electron chi connectivity index (χ0n) is 18.8.